The zero-order chi connectivity index (χ0) is 18.0. The number of benzene rings is 1. The van der Waals surface area contributed by atoms with Crippen molar-refractivity contribution in [1.29, 1.82) is 0 Å². The fourth-order valence-corrected chi connectivity index (χ4v) is 3.83. The van der Waals surface area contributed by atoms with Crippen molar-refractivity contribution in [3.8, 4) is 0 Å². The minimum atomic E-state index is -0.0936. The van der Waals surface area contributed by atoms with Crippen molar-refractivity contribution in [3.63, 3.8) is 0 Å². The van der Waals surface area contributed by atoms with Gasteiger partial charge < -0.3 is 10.2 Å². The van der Waals surface area contributed by atoms with Crippen LogP contribution in [0.3, 0.4) is 0 Å². The summed E-state index contributed by atoms with van der Waals surface area (Å²) >= 11 is 0. The zero-order valence-corrected chi connectivity index (χ0v) is 15.7. The van der Waals surface area contributed by atoms with Crippen molar-refractivity contribution in [2.45, 2.75) is 51.9 Å². The maximum Gasteiger partial charge on any atom is 0.225 e. The number of carbonyl (C=O) groups excluding carboxylic acids is 2. The SMILES string of the molecule is Cc1ccccc1C(C)(C)CNC(=O)C1CCN(C(=O)C2CC2)CC1. The molecule has 0 aromatic heterocycles. The lowest BCUT2D eigenvalue weighted by molar-refractivity contribution is -0.136. The Hall–Kier alpha value is -1.84. The van der Waals surface area contributed by atoms with Crippen LogP contribution in [0.2, 0.25) is 0 Å². The quantitative estimate of drug-likeness (QED) is 0.894. The molecule has 0 atom stereocenters. The number of nitrogens with one attached hydrogen (secondary N) is 1. The first-order valence-corrected chi connectivity index (χ1v) is 9.51. The van der Waals surface area contributed by atoms with Crippen LogP contribution in [0.4, 0.5) is 0 Å². The van der Waals surface area contributed by atoms with Crippen LogP contribution < -0.4 is 5.32 Å². The average Bonchev–Trinajstić information content (AvgIpc) is 3.44. The van der Waals surface area contributed by atoms with Crippen LogP contribution in [0, 0.1) is 18.8 Å². The van der Waals surface area contributed by atoms with Crippen molar-refractivity contribution < 1.29 is 9.59 Å². The molecule has 1 saturated heterocycles. The number of rotatable bonds is 5. The number of amides is 2. The summed E-state index contributed by atoms with van der Waals surface area (Å²) in [5.41, 5.74) is 2.44. The number of nitrogens with zero attached hydrogens (tertiary/aromatic N) is 1. The van der Waals surface area contributed by atoms with E-state index in [1.165, 1.54) is 11.1 Å². The fourth-order valence-electron chi connectivity index (χ4n) is 3.83. The maximum absolute atomic E-state index is 12.6. The van der Waals surface area contributed by atoms with Crippen LogP contribution in [0.15, 0.2) is 24.3 Å². The summed E-state index contributed by atoms with van der Waals surface area (Å²) in [5, 5.41) is 3.16. The third-order valence-corrected chi connectivity index (χ3v) is 5.68. The lowest BCUT2D eigenvalue weighted by Crippen LogP contribution is -2.45. The van der Waals surface area contributed by atoms with Crippen LogP contribution in [-0.4, -0.2) is 36.3 Å². The van der Waals surface area contributed by atoms with E-state index in [-0.39, 0.29) is 23.2 Å². The van der Waals surface area contributed by atoms with E-state index < -0.39 is 0 Å². The molecular formula is C21H30N2O2. The number of carbonyl (C=O) groups is 2. The van der Waals surface area contributed by atoms with E-state index in [2.05, 4.69) is 44.3 Å². The highest BCUT2D eigenvalue weighted by atomic mass is 16.2. The number of likely N-dealkylation sites (tertiary alicyclic amines) is 1. The molecule has 25 heavy (non-hydrogen) atoms. The second kappa shape index (κ2) is 7.19. The van der Waals surface area contributed by atoms with Crippen LogP contribution in [-0.2, 0) is 15.0 Å². The second-order valence-electron chi connectivity index (χ2n) is 8.29. The maximum atomic E-state index is 12.6. The van der Waals surface area contributed by atoms with Gasteiger partial charge in [-0.05, 0) is 43.7 Å². The van der Waals surface area contributed by atoms with E-state index in [1.54, 1.807) is 0 Å². The lowest BCUT2D eigenvalue weighted by Gasteiger charge is -2.33. The van der Waals surface area contributed by atoms with Crippen LogP contribution in [0.5, 0.6) is 0 Å². The van der Waals surface area contributed by atoms with Gasteiger partial charge in [0.25, 0.3) is 0 Å². The highest BCUT2D eigenvalue weighted by Gasteiger charge is 2.36. The molecular weight excluding hydrogens is 312 g/mol. The molecule has 0 bridgehead atoms. The monoisotopic (exact) mass is 342 g/mol. The third kappa shape index (κ3) is 4.23. The van der Waals surface area contributed by atoms with E-state index in [0.29, 0.717) is 12.5 Å². The summed E-state index contributed by atoms with van der Waals surface area (Å²) in [5.74, 6) is 0.760. The molecule has 2 aliphatic rings. The van der Waals surface area contributed by atoms with Gasteiger partial charge in [-0.15, -0.1) is 0 Å². The highest BCUT2D eigenvalue weighted by Crippen LogP contribution is 2.32. The molecule has 4 nitrogen and oxygen atoms in total. The Labute approximate surface area is 151 Å². The standard InChI is InChI=1S/C21H30N2O2/c1-15-6-4-5-7-18(15)21(2,3)14-22-19(24)16-10-12-23(13-11-16)20(25)17-8-9-17/h4-7,16-17H,8-14H2,1-3H3,(H,22,24). The Morgan fingerprint density at radius 1 is 1.08 bits per heavy atom. The first kappa shape index (κ1) is 18.0. The van der Waals surface area contributed by atoms with Gasteiger partial charge in [-0.25, -0.2) is 0 Å². The first-order chi connectivity index (χ1) is 11.9. The normalized spacial score (nSPS) is 18.9. The molecule has 1 heterocycles. The van der Waals surface area contributed by atoms with Gasteiger partial charge in [-0.1, -0.05) is 38.1 Å². The van der Waals surface area contributed by atoms with Crippen molar-refractivity contribution in [2.24, 2.45) is 11.8 Å². The van der Waals surface area contributed by atoms with Crippen molar-refractivity contribution in [1.82, 2.24) is 10.2 Å². The van der Waals surface area contributed by atoms with Crippen molar-refractivity contribution >= 4 is 11.8 Å². The van der Waals surface area contributed by atoms with Gasteiger partial charge in [0.2, 0.25) is 11.8 Å². The first-order valence-electron chi connectivity index (χ1n) is 9.51. The molecule has 4 heteroatoms. The number of aryl methyl sites for hydroxylation is 1. The third-order valence-electron chi connectivity index (χ3n) is 5.68. The molecule has 0 spiro atoms. The van der Waals surface area contributed by atoms with Gasteiger partial charge in [-0.3, -0.25) is 9.59 Å². The molecule has 0 unspecified atom stereocenters. The minimum absolute atomic E-state index is 0.0379. The predicted octanol–water partition coefficient (Wildman–Crippen LogP) is 3.04. The fraction of sp³-hybridized carbons (Fsp3) is 0.619. The highest BCUT2D eigenvalue weighted by molar-refractivity contribution is 5.82. The molecule has 2 fully saturated rings. The van der Waals surface area contributed by atoms with Gasteiger partial charge in [0.05, 0.1) is 0 Å². The van der Waals surface area contributed by atoms with E-state index in [9.17, 15) is 9.59 Å². The summed E-state index contributed by atoms with van der Waals surface area (Å²) in [7, 11) is 0. The summed E-state index contributed by atoms with van der Waals surface area (Å²) in [6.07, 6.45) is 3.67. The summed E-state index contributed by atoms with van der Waals surface area (Å²) in [6.45, 7) is 8.56. The van der Waals surface area contributed by atoms with E-state index in [4.69, 9.17) is 0 Å². The van der Waals surface area contributed by atoms with Crippen LogP contribution in [0.1, 0.15) is 50.7 Å². The van der Waals surface area contributed by atoms with Crippen LogP contribution >= 0.6 is 0 Å². The summed E-state index contributed by atoms with van der Waals surface area (Å²) in [4.78, 5) is 26.6. The molecule has 1 aliphatic heterocycles. The molecule has 1 aliphatic carbocycles. The summed E-state index contributed by atoms with van der Waals surface area (Å²) < 4.78 is 0. The molecule has 136 valence electrons. The molecule has 1 aromatic rings. The molecule has 1 N–H and O–H groups in total. The Balaban J connectivity index is 1.49. The lowest BCUT2D eigenvalue weighted by atomic mass is 9.82. The molecule has 1 saturated carbocycles. The van der Waals surface area contributed by atoms with Gasteiger partial charge >= 0.3 is 0 Å². The largest absolute Gasteiger partial charge is 0.355 e. The van der Waals surface area contributed by atoms with E-state index in [1.807, 2.05) is 11.0 Å². The zero-order valence-electron chi connectivity index (χ0n) is 15.7. The molecule has 3 rings (SSSR count). The Kier molecular flexibility index (Phi) is 5.16. The van der Waals surface area contributed by atoms with Gasteiger partial charge in [0, 0.05) is 36.9 Å². The predicted molar refractivity (Wildman–Crippen MR) is 99.2 cm³/mol. The Bertz CT molecular complexity index is 641. The minimum Gasteiger partial charge on any atom is -0.355 e. The summed E-state index contributed by atoms with van der Waals surface area (Å²) in [6, 6.07) is 8.36. The average molecular weight is 342 g/mol. The number of piperidine rings is 1. The number of hydrogen-bond acceptors (Lipinski definition) is 2. The Morgan fingerprint density at radius 3 is 2.32 bits per heavy atom. The van der Waals surface area contributed by atoms with E-state index in [0.717, 1.165) is 38.8 Å². The smallest absolute Gasteiger partial charge is 0.225 e. The molecule has 2 amide bonds. The van der Waals surface area contributed by atoms with E-state index >= 15 is 0 Å². The van der Waals surface area contributed by atoms with Gasteiger partial charge in [0.1, 0.15) is 0 Å². The van der Waals surface area contributed by atoms with Crippen molar-refractivity contribution in [2.75, 3.05) is 19.6 Å². The van der Waals surface area contributed by atoms with Gasteiger partial charge in [0.15, 0.2) is 0 Å². The van der Waals surface area contributed by atoms with Crippen LogP contribution in [0.25, 0.3) is 0 Å². The second-order valence-corrected chi connectivity index (χ2v) is 8.29. The Morgan fingerprint density at radius 2 is 1.72 bits per heavy atom. The topological polar surface area (TPSA) is 49.4 Å². The van der Waals surface area contributed by atoms with Gasteiger partial charge in [-0.2, -0.15) is 0 Å². The molecule has 1 aromatic carbocycles. The molecule has 0 radical (unpaired) electrons. The number of hydrogen-bond donors (Lipinski definition) is 1. The van der Waals surface area contributed by atoms with Crippen molar-refractivity contribution in [3.05, 3.63) is 35.4 Å².